The number of fused-ring (bicyclic) bond motifs is 5. The van der Waals surface area contributed by atoms with Crippen molar-refractivity contribution in [1.29, 1.82) is 0 Å². The summed E-state index contributed by atoms with van der Waals surface area (Å²) in [7, 11) is 0. The molecule has 5 heteroatoms. The minimum absolute atomic E-state index is 0.198. The highest BCUT2D eigenvalue weighted by molar-refractivity contribution is 6.31. The standard InChI is InChI=1S/C17H16ClNO3/c1-9-4-5-10(18)8-11(9)19-14(20)12-13(15(19)21)17(3)7-6-16(12,2)22-17/h4-8,12-13H,1-3H3/t12-,13-,16+,17+/m0/s1. The maximum absolute atomic E-state index is 12.9. The Labute approximate surface area is 133 Å². The first-order valence-electron chi connectivity index (χ1n) is 7.31. The Bertz CT molecular complexity index is 722. The van der Waals surface area contributed by atoms with Crippen LogP contribution in [0.1, 0.15) is 19.4 Å². The van der Waals surface area contributed by atoms with Gasteiger partial charge < -0.3 is 4.74 Å². The van der Waals surface area contributed by atoms with Gasteiger partial charge in [0, 0.05) is 5.02 Å². The molecule has 2 bridgehead atoms. The number of hydrogen-bond donors (Lipinski definition) is 0. The third-order valence-corrected chi connectivity index (χ3v) is 5.37. The van der Waals surface area contributed by atoms with Gasteiger partial charge in [-0.1, -0.05) is 29.8 Å². The normalized spacial score (nSPS) is 39.0. The Morgan fingerprint density at radius 2 is 1.64 bits per heavy atom. The molecule has 0 aromatic heterocycles. The lowest BCUT2D eigenvalue weighted by Crippen LogP contribution is -2.39. The Balaban J connectivity index is 1.85. The molecular formula is C17H16ClNO3. The summed E-state index contributed by atoms with van der Waals surface area (Å²) in [4.78, 5) is 27.2. The summed E-state index contributed by atoms with van der Waals surface area (Å²) < 4.78 is 5.99. The first-order valence-corrected chi connectivity index (χ1v) is 7.69. The van der Waals surface area contributed by atoms with Crippen LogP contribution in [0.15, 0.2) is 30.4 Å². The highest BCUT2D eigenvalue weighted by Gasteiger charge is 2.70. The maximum Gasteiger partial charge on any atom is 0.241 e. The topological polar surface area (TPSA) is 46.6 Å². The Morgan fingerprint density at radius 1 is 1.09 bits per heavy atom. The van der Waals surface area contributed by atoms with Crippen LogP contribution in [0, 0.1) is 18.8 Å². The van der Waals surface area contributed by atoms with Gasteiger partial charge in [-0.05, 0) is 38.5 Å². The average molecular weight is 318 g/mol. The molecule has 114 valence electrons. The van der Waals surface area contributed by atoms with E-state index in [1.807, 2.05) is 39.0 Å². The van der Waals surface area contributed by atoms with Gasteiger partial charge >= 0.3 is 0 Å². The predicted octanol–water partition coefficient (Wildman–Crippen LogP) is 2.87. The number of anilines is 1. The number of ether oxygens (including phenoxy) is 1. The molecule has 0 aliphatic carbocycles. The van der Waals surface area contributed by atoms with Crippen LogP contribution in [-0.2, 0) is 14.3 Å². The van der Waals surface area contributed by atoms with Crippen molar-refractivity contribution in [2.75, 3.05) is 4.90 Å². The molecule has 0 spiro atoms. The molecule has 1 aromatic rings. The van der Waals surface area contributed by atoms with E-state index in [9.17, 15) is 9.59 Å². The van der Waals surface area contributed by atoms with Crippen molar-refractivity contribution in [2.45, 2.75) is 32.0 Å². The van der Waals surface area contributed by atoms with Gasteiger partial charge in [0.1, 0.15) is 0 Å². The SMILES string of the molecule is Cc1ccc(Cl)cc1N1C(=O)[C@@H]2[C@@H](C1=O)[C@@]1(C)C=C[C@@]2(C)O1. The van der Waals surface area contributed by atoms with Crippen LogP contribution >= 0.6 is 11.6 Å². The van der Waals surface area contributed by atoms with Crippen LogP contribution in [0.5, 0.6) is 0 Å². The fourth-order valence-electron chi connectivity index (χ4n) is 4.09. The Hall–Kier alpha value is -1.65. The minimum atomic E-state index is -0.701. The highest BCUT2D eigenvalue weighted by Crippen LogP contribution is 2.57. The number of hydrogen-bond acceptors (Lipinski definition) is 3. The van der Waals surface area contributed by atoms with Crippen molar-refractivity contribution in [3.8, 4) is 0 Å². The summed E-state index contributed by atoms with van der Waals surface area (Å²) >= 11 is 6.05. The van der Waals surface area contributed by atoms with Crippen molar-refractivity contribution in [3.63, 3.8) is 0 Å². The lowest BCUT2D eigenvalue weighted by molar-refractivity contribution is -0.128. The van der Waals surface area contributed by atoms with Gasteiger partial charge in [-0.15, -0.1) is 0 Å². The third-order valence-electron chi connectivity index (χ3n) is 5.14. The zero-order valence-corrected chi connectivity index (χ0v) is 13.3. The molecule has 4 atom stereocenters. The molecule has 22 heavy (non-hydrogen) atoms. The van der Waals surface area contributed by atoms with Crippen LogP contribution in [0.3, 0.4) is 0 Å². The van der Waals surface area contributed by atoms with Gasteiger partial charge in [-0.2, -0.15) is 0 Å². The van der Waals surface area contributed by atoms with E-state index in [0.717, 1.165) is 5.56 Å². The van der Waals surface area contributed by atoms with E-state index in [2.05, 4.69) is 0 Å². The van der Waals surface area contributed by atoms with Crippen LogP contribution in [0.2, 0.25) is 5.02 Å². The Morgan fingerprint density at radius 3 is 2.18 bits per heavy atom. The first-order chi connectivity index (χ1) is 10.3. The molecule has 0 unspecified atom stereocenters. The monoisotopic (exact) mass is 317 g/mol. The van der Waals surface area contributed by atoms with Crippen LogP contribution in [0.4, 0.5) is 5.69 Å². The van der Waals surface area contributed by atoms with Gasteiger partial charge in [0.25, 0.3) is 0 Å². The smallest absolute Gasteiger partial charge is 0.241 e. The molecule has 3 heterocycles. The van der Waals surface area contributed by atoms with E-state index in [4.69, 9.17) is 16.3 Å². The molecule has 3 aliphatic rings. The third kappa shape index (κ3) is 1.52. The lowest BCUT2D eigenvalue weighted by atomic mass is 9.73. The van der Waals surface area contributed by atoms with Gasteiger partial charge in [0.15, 0.2) is 0 Å². The average Bonchev–Trinajstić information content (AvgIpc) is 2.98. The molecule has 2 saturated heterocycles. The number of carbonyl (C=O) groups excluding carboxylic acids is 2. The number of halogens is 1. The first kappa shape index (κ1) is 14.0. The van der Waals surface area contributed by atoms with E-state index in [1.54, 1.807) is 12.1 Å². The molecule has 4 nitrogen and oxygen atoms in total. The lowest BCUT2D eigenvalue weighted by Gasteiger charge is -2.26. The highest BCUT2D eigenvalue weighted by atomic mass is 35.5. The zero-order valence-electron chi connectivity index (χ0n) is 12.6. The number of nitrogens with zero attached hydrogens (tertiary/aromatic N) is 1. The molecule has 3 aliphatic heterocycles. The molecule has 1 aromatic carbocycles. The van der Waals surface area contributed by atoms with Crippen LogP contribution in [-0.4, -0.2) is 23.0 Å². The second-order valence-electron chi connectivity index (χ2n) is 6.70. The number of carbonyl (C=O) groups is 2. The van der Waals surface area contributed by atoms with Crippen molar-refractivity contribution >= 4 is 29.1 Å². The quantitative estimate of drug-likeness (QED) is 0.591. The summed E-state index contributed by atoms with van der Waals surface area (Å²) in [5.74, 6) is -1.33. The number of rotatable bonds is 1. The molecule has 2 fully saturated rings. The zero-order chi connectivity index (χ0) is 15.9. The van der Waals surface area contributed by atoms with Crippen molar-refractivity contribution < 1.29 is 14.3 Å². The van der Waals surface area contributed by atoms with E-state index in [1.165, 1.54) is 4.90 Å². The fraction of sp³-hybridized carbons (Fsp3) is 0.412. The van der Waals surface area contributed by atoms with Crippen molar-refractivity contribution in [2.24, 2.45) is 11.8 Å². The number of amides is 2. The number of imide groups is 1. The Kier molecular flexibility index (Phi) is 2.54. The molecule has 0 radical (unpaired) electrons. The van der Waals surface area contributed by atoms with E-state index >= 15 is 0 Å². The van der Waals surface area contributed by atoms with E-state index in [0.29, 0.717) is 10.7 Å². The summed E-state index contributed by atoms with van der Waals surface area (Å²) in [6.07, 6.45) is 3.82. The van der Waals surface area contributed by atoms with Crippen molar-refractivity contribution in [1.82, 2.24) is 0 Å². The molecule has 0 saturated carbocycles. The van der Waals surface area contributed by atoms with E-state index in [-0.39, 0.29) is 11.8 Å². The second-order valence-corrected chi connectivity index (χ2v) is 7.14. The van der Waals surface area contributed by atoms with Crippen LogP contribution in [0.25, 0.3) is 0 Å². The number of aryl methyl sites for hydroxylation is 1. The van der Waals surface area contributed by atoms with Crippen LogP contribution < -0.4 is 4.90 Å². The summed E-state index contributed by atoms with van der Waals surface area (Å²) in [6, 6.07) is 5.25. The van der Waals surface area contributed by atoms with E-state index < -0.39 is 23.0 Å². The summed E-state index contributed by atoms with van der Waals surface area (Å²) in [5, 5.41) is 0.507. The summed E-state index contributed by atoms with van der Waals surface area (Å²) in [6.45, 7) is 5.62. The predicted molar refractivity (Wildman–Crippen MR) is 82.7 cm³/mol. The maximum atomic E-state index is 12.9. The fourth-order valence-corrected chi connectivity index (χ4v) is 4.26. The number of benzene rings is 1. The largest absolute Gasteiger partial charge is 0.359 e. The minimum Gasteiger partial charge on any atom is -0.359 e. The van der Waals surface area contributed by atoms with Gasteiger partial charge in [0.05, 0.1) is 28.7 Å². The van der Waals surface area contributed by atoms with Gasteiger partial charge in [-0.3, -0.25) is 9.59 Å². The molecule has 0 N–H and O–H groups in total. The second kappa shape index (κ2) is 4.00. The van der Waals surface area contributed by atoms with Gasteiger partial charge in [0.2, 0.25) is 11.8 Å². The van der Waals surface area contributed by atoms with Gasteiger partial charge in [-0.25, -0.2) is 4.90 Å². The van der Waals surface area contributed by atoms with Crippen molar-refractivity contribution in [3.05, 3.63) is 40.9 Å². The molecular weight excluding hydrogens is 302 g/mol. The summed E-state index contributed by atoms with van der Waals surface area (Å²) in [5.41, 5.74) is 0.0203. The molecule has 4 rings (SSSR count). The molecule has 2 amide bonds.